The van der Waals surface area contributed by atoms with Crippen LogP contribution >= 0.6 is 46.0 Å². The van der Waals surface area contributed by atoms with Crippen molar-refractivity contribution in [2.75, 3.05) is 20.2 Å². The summed E-state index contributed by atoms with van der Waals surface area (Å²) in [5.74, 6) is 0.355. The smallest absolute Gasteiger partial charge is 0.294 e. The highest BCUT2D eigenvalue weighted by Gasteiger charge is 2.37. The van der Waals surface area contributed by atoms with Crippen LogP contribution in [0.2, 0.25) is 5.02 Å². The van der Waals surface area contributed by atoms with Crippen molar-refractivity contribution in [2.24, 2.45) is 0 Å². The summed E-state index contributed by atoms with van der Waals surface area (Å²) in [5, 5.41) is 0.197. The van der Waals surface area contributed by atoms with Crippen molar-refractivity contribution >= 4 is 69.1 Å². The molecule has 3 aromatic carbocycles. The first-order chi connectivity index (χ1) is 18.8. The van der Waals surface area contributed by atoms with E-state index in [1.54, 1.807) is 36.3 Å². The van der Waals surface area contributed by atoms with Crippen LogP contribution in [0.4, 0.5) is 4.79 Å². The van der Waals surface area contributed by atoms with Crippen LogP contribution in [0.25, 0.3) is 6.08 Å². The van der Waals surface area contributed by atoms with Gasteiger partial charge in [-0.05, 0) is 93.4 Å². The molecule has 39 heavy (non-hydrogen) atoms. The van der Waals surface area contributed by atoms with Crippen molar-refractivity contribution in [3.63, 3.8) is 0 Å². The number of ether oxygens (including phenoxy) is 2. The molecule has 0 radical (unpaired) electrons. The molecule has 0 aliphatic carbocycles. The predicted octanol–water partition coefficient (Wildman–Crippen LogP) is 6.15. The molecule has 1 saturated heterocycles. The Kier molecular flexibility index (Phi) is 8.49. The Balaban J connectivity index is 1.27. The molecule has 1 fully saturated rings. The fourth-order valence-corrected chi connectivity index (χ4v) is 6.18. The van der Waals surface area contributed by atoms with Gasteiger partial charge in [-0.2, -0.15) is 0 Å². The maximum atomic E-state index is 13.1. The zero-order valence-corrected chi connectivity index (χ0v) is 24.7. The van der Waals surface area contributed by atoms with Gasteiger partial charge in [0, 0.05) is 18.1 Å². The van der Waals surface area contributed by atoms with Crippen LogP contribution in [0, 0.1) is 3.57 Å². The number of methoxy groups -OCH3 is 1. The van der Waals surface area contributed by atoms with Gasteiger partial charge in [-0.1, -0.05) is 48.0 Å². The number of hydrogen-bond acceptors (Lipinski definition) is 6. The number of hydrogen-bond donors (Lipinski definition) is 0. The summed E-state index contributed by atoms with van der Waals surface area (Å²) in [6.45, 7) is 1.10. The zero-order valence-electron chi connectivity index (χ0n) is 21.0. The van der Waals surface area contributed by atoms with Crippen molar-refractivity contribution in [1.29, 1.82) is 0 Å². The minimum Gasteiger partial charge on any atom is -0.493 e. The van der Waals surface area contributed by atoms with E-state index in [0.29, 0.717) is 41.8 Å². The second kappa shape index (κ2) is 12.0. The summed E-state index contributed by atoms with van der Waals surface area (Å²) in [6.07, 6.45) is 2.39. The Morgan fingerprint density at radius 2 is 1.85 bits per heavy atom. The molecule has 0 aromatic heterocycles. The van der Waals surface area contributed by atoms with Crippen molar-refractivity contribution in [1.82, 2.24) is 9.80 Å². The maximum Gasteiger partial charge on any atom is 0.294 e. The Bertz CT molecular complexity index is 1480. The molecule has 7 nitrogen and oxygen atoms in total. The van der Waals surface area contributed by atoms with E-state index < -0.39 is 11.1 Å². The van der Waals surface area contributed by atoms with E-state index in [4.69, 9.17) is 21.1 Å². The number of carbonyl (C=O) groups excluding carboxylic acids is 3. The van der Waals surface area contributed by atoms with Crippen molar-refractivity contribution in [3.8, 4) is 11.5 Å². The molecule has 5 rings (SSSR count). The first kappa shape index (κ1) is 27.5. The van der Waals surface area contributed by atoms with Crippen LogP contribution in [-0.2, 0) is 29.2 Å². The topological polar surface area (TPSA) is 76.2 Å². The molecule has 0 N–H and O–H groups in total. The molecule has 0 bridgehead atoms. The van der Waals surface area contributed by atoms with E-state index in [2.05, 4.69) is 28.7 Å². The quantitative estimate of drug-likeness (QED) is 0.221. The molecule has 2 aliphatic heterocycles. The van der Waals surface area contributed by atoms with Crippen LogP contribution < -0.4 is 9.47 Å². The molecule has 0 unspecified atom stereocenters. The molecule has 3 amide bonds. The lowest BCUT2D eigenvalue weighted by molar-refractivity contribution is -0.136. The average Bonchev–Trinajstić information content (AvgIpc) is 3.19. The van der Waals surface area contributed by atoms with Gasteiger partial charge in [-0.25, -0.2) is 0 Å². The van der Waals surface area contributed by atoms with E-state index in [1.807, 2.05) is 36.4 Å². The SMILES string of the molecule is COc1cc(/C=C2/SC(=O)N(CC(=O)N3CCc4ccccc4C3)C2=O)cc(I)c1OCc1ccc(Cl)cc1. The van der Waals surface area contributed by atoms with Crippen LogP contribution in [0.3, 0.4) is 0 Å². The number of carbonyl (C=O) groups is 3. The van der Waals surface area contributed by atoms with Gasteiger partial charge in [0.15, 0.2) is 11.5 Å². The van der Waals surface area contributed by atoms with E-state index >= 15 is 0 Å². The number of fused-ring (bicyclic) bond motifs is 1. The first-order valence-corrected chi connectivity index (χ1v) is 14.4. The van der Waals surface area contributed by atoms with Crippen LogP contribution in [0.5, 0.6) is 11.5 Å². The molecule has 10 heteroatoms. The zero-order chi connectivity index (χ0) is 27.5. The van der Waals surface area contributed by atoms with E-state index in [1.165, 1.54) is 5.56 Å². The third kappa shape index (κ3) is 6.26. The standard InChI is InChI=1S/C29H24ClIN2O5S/c1-37-24-13-19(12-23(31)27(24)38-17-18-6-8-22(30)9-7-18)14-25-28(35)33(29(36)39-25)16-26(34)32-11-10-20-4-2-3-5-21(20)15-32/h2-9,12-14H,10-11,15-17H2,1H3/b25-14+. The molecule has 0 saturated carbocycles. The molecule has 0 atom stereocenters. The molecular formula is C29H24ClIN2O5S. The predicted molar refractivity (Wildman–Crippen MR) is 160 cm³/mol. The Morgan fingerprint density at radius 3 is 2.59 bits per heavy atom. The summed E-state index contributed by atoms with van der Waals surface area (Å²) in [4.78, 5) is 41.7. The minimum absolute atomic E-state index is 0.244. The number of nitrogens with zero attached hydrogens (tertiary/aromatic N) is 2. The third-order valence-corrected chi connectivity index (χ3v) is 8.46. The highest BCUT2D eigenvalue weighted by atomic mass is 127. The summed E-state index contributed by atoms with van der Waals surface area (Å²) < 4.78 is 12.4. The van der Waals surface area contributed by atoms with Gasteiger partial charge in [-0.3, -0.25) is 19.3 Å². The number of benzene rings is 3. The molecule has 0 spiro atoms. The van der Waals surface area contributed by atoms with Crippen LogP contribution in [0.15, 0.2) is 65.6 Å². The van der Waals surface area contributed by atoms with Gasteiger partial charge < -0.3 is 14.4 Å². The summed E-state index contributed by atoms with van der Waals surface area (Å²) in [6, 6.07) is 19.0. The van der Waals surface area contributed by atoms with Gasteiger partial charge in [0.05, 0.1) is 15.6 Å². The van der Waals surface area contributed by atoms with Crippen molar-refractivity contribution in [3.05, 3.63) is 96.4 Å². The fourth-order valence-electron chi connectivity index (χ4n) is 4.43. The molecular weight excluding hydrogens is 651 g/mol. The van der Waals surface area contributed by atoms with Crippen molar-refractivity contribution in [2.45, 2.75) is 19.6 Å². The first-order valence-electron chi connectivity index (χ1n) is 12.2. The van der Waals surface area contributed by atoms with Gasteiger partial charge in [-0.15, -0.1) is 0 Å². The van der Waals surface area contributed by atoms with Gasteiger partial charge in [0.2, 0.25) is 5.91 Å². The maximum absolute atomic E-state index is 13.1. The van der Waals surface area contributed by atoms with Crippen LogP contribution in [0.1, 0.15) is 22.3 Å². The number of amides is 3. The van der Waals surface area contributed by atoms with E-state index in [0.717, 1.165) is 37.8 Å². The van der Waals surface area contributed by atoms with Gasteiger partial charge >= 0.3 is 0 Å². The number of thioether (sulfide) groups is 1. The normalized spacial score (nSPS) is 16.0. The Labute approximate surface area is 249 Å². The van der Waals surface area contributed by atoms with Crippen molar-refractivity contribution < 1.29 is 23.9 Å². The number of halogens is 2. The summed E-state index contributed by atoms with van der Waals surface area (Å²) in [5.41, 5.74) is 3.95. The fraction of sp³-hybridized carbons (Fsp3) is 0.207. The highest BCUT2D eigenvalue weighted by Crippen LogP contribution is 2.38. The lowest BCUT2D eigenvalue weighted by Crippen LogP contribution is -2.44. The lowest BCUT2D eigenvalue weighted by Gasteiger charge is -2.29. The van der Waals surface area contributed by atoms with Crippen LogP contribution in [-0.4, -0.2) is 47.1 Å². The monoisotopic (exact) mass is 674 g/mol. The molecule has 3 aromatic rings. The van der Waals surface area contributed by atoms with Gasteiger partial charge in [0.1, 0.15) is 13.2 Å². The molecule has 2 heterocycles. The largest absolute Gasteiger partial charge is 0.493 e. The minimum atomic E-state index is -0.479. The number of rotatable bonds is 7. The Hall–Kier alpha value is -3.02. The van der Waals surface area contributed by atoms with E-state index in [9.17, 15) is 14.4 Å². The van der Waals surface area contributed by atoms with E-state index in [-0.39, 0.29) is 17.4 Å². The second-order valence-electron chi connectivity index (χ2n) is 9.05. The lowest BCUT2D eigenvalue weighted by atomic mass is 10.00. The van der Waals surface area contributed by atoms with Gasteiger partial charge in [0.25, 0.3) is 11.1 Å². The summed E-state index contributed by atoms with van der Waals surface area (Å²) >= 11 is 8.94. The Morgan fingerprint density at radius 1 is 1.10 bits per heavy atom. The summed E-state index contributed by atoms with van der Waals surface area (Å²) in [7, 11) is 1.54. The average molecular weight is 675 g/mol. The number of imide groups is 1. The highest BCUT2D eigenvalue weighted by molar-refractivity contribution is 14.1. The second-order valence-corrected chi connectivity index (χ2v) is 11.6. The molecule has 200 valence electrons. The molecule has 2 aliphatic rings. The third-order valence-electron chi connectivity index (χ3n) is 6.50.